The number of fused-ring (bicyclic) bond motifs is 1. The van der Waals surface area contributed by atoms with E-state index in [1.807, 2.05) is 0 Å². The van der Waals surface area contributed by atoms with Gasteiger partial charge in [0, 0.05) is 18.8 Å². The van der Waals surface area contributed by atoms with E-state index in [4.69, 9.17) is 11.6 Å². The first kappa shape index (κ1) is 8.19. The number of hydrogen-bond donors (Lipinski definition) is 0. The van der Waals surface area contributed by atoms with E-state index in [0.717, 1.165) is 6.29 Å². The molecule has 0 aliphatic carbocycles. The maximum atomic E-state index is 10.7. The molecule has 0 saturated heterocycles. The van der Waals surface area contributed by atoms with E-state index in [1.54, 1.807) is 17.8 Å². The lowest BCUT2D eigenvalue weighted by Gasteiger charge is -1.94. The molecule has 0 saturated carbocycles. The van der Waals surface area contributed by atoms with Crippen LogP contribution in [0.4, 0.5) is 0 Å². The minimum atomic E-state index is 0.313. The predicted molar refractivity (Wildman–Crippen MR) is 48.9 cm³/mol. The largest absolute Gasteiger partial charge is 0.335 e. The zero-order valence-corrected chi connectivity index (χ0v) is 7.62. The molecule has 2 rings (SSSR count). The number of carbonyl (C=O) groups is 1. The molecular formula is C8H6ClN3O. The minimum absolute atomic E-state index is 0.313. The molecule has 0 N–H and O–H groups in total. The van der Waals surface area contributed by atoms with Crippen LogP contribution >= 0.6 is 11.6 Å². The van der Waals surface area contributed by atoms with Crippen molar-refractivity contribution < 1.29 is 4.79 Å². The van der Waals surface area contributed by atoms with Gasteiger partial charge >= 0.3 is 0 Å². The van der Waals surface area contributed by atoms with Gasteiger partial charge in [-0.25, -0.2) is 9.97 Å². The fourth-order valence-electron chi connectivity index (χ4n) is 1.29. The number of nitrogens with zero attached hydrogens (tertiary/aromatic N) is 3. The zero-order valence-electron chi connectivity index (χ0n) is 6.86. The Labute approximate surface area is 79.2 Å². The van der Waals surface area contributed by atoms with Crippen LogP contribution in [0.5, 0.6) is 0 Å². The Morgan fingerprint density at radius 1 is 1.54 bits per heavy atom. The molecule has 0 aliphatic rings. The van der Waals surface area contributed by atoms with Gasteiger partial charge in [-0.05, 0) is 0 Å². The third-order valence-corrected chi connectivity index (χ3v) is 2.15. The normalized spacial score (nSPS) is 10.6. The Bertz CT molecular complexity index is 477. The Morgan fingerprint density at radius 2 is 2.31 bits per heavy atom. The second kappa shape index (κ2) is 2.81. The fraction of sp³-hybridized carbons (Fsp3) is 0.125. The van der Waals surface area contributed by atoms with Crippen molar-refractivity contribution in [2.75, 3.05) is 0 Å². The van der Waals surface area contributed by atoms with E-state index >= 15 is 0 Å². The first-order valence-electron chi connectivity index (χ1n) is 3.64. The number of halogens is 1. The molecule has 0 spiro atoms. The Balaban J connectivity index is 2.96. The maximum Gasteiger partial charge on any atom is 0.152 e. The molecule has 2 heterocycles. The van der Waals surface area contributed by atoms with Crippen LogP contribution in [0.2, 0.25) is 5.15 Å². The SMILES string of the molecule is Cn1cc(C=O)c2c(Cl)ncnc21. The van der Waals surface area contributed by atoms with Crippen LogP contribution < -0.4 is 0 Å². The lowest BCUT2D eigenvalue weighted by atomic mass is 10.3. The summed E-state index contributed by atoms with van der Waals surface area (Å²) < 4.78 is 1.74. The summed E-state index contributed by atoms with van der Waals surface area (Å²) in [6, 6.07) is 0. The van der Waals surface area contributed by atoms with Crippen molar-refractivity contribution in [3.63, 3.8) is 0 Å². The molecule has 2 aromatic rings. The smallest absolute Gasteiger partial charge is 0.152 e. The molecule has 0 fully saturated rings. The van der Waals surface area contributed by atoms with Gasteiger partial charge in [0.05, 0.1) is 5.39 Å². The van der Waals surface area contributed by atoms with Gasteiger partial charge in [-0.3, -0.25) is 4.79 Å². The quantitative estimate of drug-likeness (QED) is 0.511. The summed E-state index contributed by atoms with van der Waals surface area (Å²) in [5, 5.41) is 0.925. The molecule has 66 valence electrons. The third-order valence-electron chi connectivity index (χ3n) is 1.86. The average Bonchev–Trinajstić information content (AvgIpc) is 2.45. The van der Waals surface area contributed by atoms with Crippen LogP contribution in [0.1, 0.15) is 10.4 Å². The molecule has 5 heteroatoms. The number of carbonyl (C=O) groups excluding carboxylic acids is 1. The zero-order chi connectivity index (χ0) is 9.42. The standard InChI is InChI=1S/C8H6ClN3O/c1-12-2-5(3-13)6-7(9)10-4-11-8(6)12/h2-4H,1H3. The van der Waals surface area contributed by atoms with Crippen LogP contribution in [0.3, 0.4) is 0 Å². The molecule has 0 unspecified atom stereocenters. The summed E-state index contributed by atoms with van der Waals surface area (Å²) in [7, 11) is 1.80. The molecule has 0 bridgehead atoms. The van der Waals surface area contributed by atoms with Crippen molar-refractivity contribution in [3.8, 4) is 0 Å². The van der Waals surface area contributed by atoms with Crippen LogP contribution in [-0.2, 0) is 7.05 Å². The molecule has 0 aliphatic heterocycles. The van der Waals surface area contributed by atoms with Gasteiger partial charge in [0.25, 0.3) is 0 Å². The van der Waals surface area contributed by atoms with Gasteiger partial charge in [-0.1, -0.05) is 11.6 Å². The lowest BCUT2D eigenvalue weighted by molar-refractivity contribution is 0.112. The topological polar surface area (TPSA) is 47.8 Å². The minimum Gasteiger partial charge on any atom is -0.335 e. The number of aromatic nitrogens is 3. The van der Waals surface area contributed by atoms with Crippen molar-refractivity contribution in [2.45, 2.75) is 0 Å². The predicted octanol–water partition coefficient (Wildman–Crippen LogP) is 1.43. The second-order valence-corrected chi connectivity index (χ2v) is 3.03. The van der Waals surface area contributed by atoms with Gasteiger partial charge in [0.1, 0.15) is 17.1 Å². The summed E-state index contributed by atoms with van der Waals surface area (Å²) in [5.74, 6) is 0. The van der Waals surface area contributed by atoms with Crippen molar-refractivity contribution >= 4 is 28.9 Å². The highest BCUT2D eigenvalue weighted by Gasteiger charge is 2.10. The van der Waals surface area contributed by atoms with E-state index in [0.29, 0.717) is 21.7 Å². The Kier molecular flexibility index (Phi) is 1.77. The number of rotatable bonds is 1. The number of aldehydes is 1. The second-order valence-electron chi connectivity index (χ2n) is 2.68. The molecule has 13 heavy (non-hydrogen) atoms. The molecule has 0 atom stereocenters. The highest BCUT2D eigenvalue weighted by Crippen LogP contribution is 2.23. The summed E-state index contributed by atoms with van der Waals surface area (Å²) in [6.07, 6.45) is 3.80. The fourth-order valence-corrected chi connectivity index (χ4v) is 1.53. The van der Waals surface area contributed by atoms with Crippen molar-refractivity contribution in [2.24, 2.45) is 7.05 Å². The van der Waals surface area contributed by atoms with Gasteiger partial charge in [-0.2, -0.15) is 0 Å². The molecule has 0 amide bonds. The van der Waals surface area contributed by atoms with E-state index in [1.165, 1.54) is 6.33 Å². The van der Waals surface area contributed by atoms with Gasteiger partial charge in [0.2, 0.25) is 0 Å². The third kappa shape index (κ3) is 1.10. The number of hydrogen-bond acceptors (Lipinski definition) is 3. The summed E-state index contributed by atoms with van der Waals surface area (Å²) >= 11 is 5.83. The molecular weight excluding hydrogens is 190 g/mol. The molecule has 2 aromatic heterocycles. The van der Waals surface area contributed by atoms with E-state index in [9.17, 15) is 4.79 Å². The van der Waals surface area contributed by atoms with Crippen LogP contribution in [-0.4, -0.2) is 20.8 Å². The van der Waals surface area contributed by atoms with E-state index in [2.05, 4.69) is 9.97 Å². The lowest BCUT2D eigenvalue weighted by Crippen LogP contribution is -1.88. The number of aryl methyl sites for hydroxylation is 1. The van der Waals surface area contributed by atoms with Gasteiger partial charge in [0.15, 0.2) is 6.29 Å². The first-order valence-corrected chi connectivity index (χ1v) is 4.02. The molecule has 0 radical (unpaired) electrons. The van der Waals surface area contributed by atoms with Crippen molar-refractivity contribution in [1.29, 1.82) is 0 Å². The van der Waals surface area contributed by atoms with Crippen LogP contribution in [0, 0.1) is 0 Å². The Morgan fingerprint density at radius 3 is 3.00 bits per heavy atom. The van der Waals surface area contributed by atoms with E-state index < -0.39 is 0 Å². The highest BCUT2D eigenvalue weighted by molar-refractivity contribution is 6.34. The monoisotopic (exact) mass is 195 g/mol. The average molecular weight is 196 g/mol. The van der Waals surface area contributed by atoms with Gasteiger partial charge in [-0.15, -0.1) is 0 Å². The summed E-state index contributed by atoms with van der Waals surface area (Å²) in [5.41, 5.74) is 1.19. The maximum absolute atomic E-state index is 10.7. The molecule has 0 aromatic carbocycles. The summed E-state index contributed by atoms with van der Waals surface area (Å²) in [4.78, 5) is 18.5. The van der Waals surface area contributed by atoms with Gasteiger partial charge < -0.3 is 4.57 Å². The first-order chi connectivity index (χ1) is 6.24. The summed E-state index contributed by atoms with van der Waals surface area (Å²) in [6.45, 7) is 0. The van der Waals surface area contributed by atoms with Crippen LogP contribution in [0.25, 0.3) is 11.0 Å². The van der Waals surface area contributed by atoms with E-state index in [-0.39, 0.29) is 0 Å². The van der Waals surface area contributed by atoms with Crippen molar-refractivity contribution in [3.05, 3.63) is 23.2 Å². The highest BCUT2D eigenvalue weighted by atomic mass is 35.5. The van der Waals surface area contributed by atoms with Crippen LogP contribution in [0.15, 0.2) is 12.5 Å². The van der Waals surface area contributed by atoms with Crippen molar-refractivity contribution in [1.82, 2.24) is 14.5 Å². The molecule has 4 nitrogen and oxygen atoms in total. The Hall–Kier alpha value is -1.42.